The van der Waals surface area contributed by atoms with Crippen molar-refractivity contribution in [3.05, 3.63) is 71.5 Å². The highest BCUT2D eigenvalue weighted by Gasteiger charge is 2.33. The van der Waals surface area contributed by atoms with Crippen molar-refractivity contribution in [2.24, 2.45) is 0 Å². The van der Waals surface area contributed by atoms with Gasteiger partial charge in [-0.1, -0.05) is 12.1 Å². The number of carbonyl (C=O) groups excluding carboxylic acids is 2. The first-order chi connectivity index (χ1) is 23.6. The Labute approximate surface area is 291 Å². The highest BCUT2D eigenvalue weighted by molar-refractivity contribution is 7.89. The van der Waals surface area contributed by atoms with Crippen LogP contribution in [0.25, 0.3) is 0 Å². The molecule has 0 unspecified atom stereocenters. The highest BCUT2D eigenvalue weighted by Crippen LogP contribution is 2.25. The highest BCUT2D eigenvalue weighted by atomic mass is 32.2. The summed E-state index contributed by atoms with van der Waals surface area (Å²) < 4.78 is 66.3. The normalized spacial score (nSPS) is 16.4. The summed E-state index contributed by atoms with van der Waals surface area (Å²) in [5.74, 6) is -0.491. The predicted molar refractivity (Wildman–Crippen MR) is 182 cm³/mol. The molecule has 16 nitrogen and oxygen atoms in total. The molecule has 2 aliphatic rings. The molecule has 2 aromatic carbocycles. The molecule has 1 N–H and O–H groups in total. The van der Waals surface area contributed by atoms with E-state index in [2.05, 4.69) is 15.3 Å². The molecule has 0 radical (unpaired) electrons. The molecular formula is C32H38N8O8S2. The van der Waals surface area contributed by atoms with Crippen molar-refractivity contribution in [3.63, 3.8) is 0 Å². The summed E-state index contributed by atoms with van der Waals surface area (Å²) in [6.07, 6.45) is -0.535. The number of amides is 2. The standard InChI is InChI=1S/C32H38N8O8S2/c1-23-21-25(22-33)36-30(34-23)37-13-17-39(18-14-37)49(43,44)26-11-9-24(10-12-26)35-29(41)27-7-5-6-8-28(27)48-50(45,46)40-19-15-38(16-20-40)31(42)47-32(2,3)4/h5-12,21H,13-20H2,1-4H3,(H,35,41). The Hall–Kier alpha value is -4.83. The number of sulfonamides is 1. The van der Waals surface area contributed by atoms with Crippen molar-refractivity contribution in [3.8, 4) is 11.8 Å². The molecule has 50 heavy (non-hydrogen) atoms. The van der Waals surface area contributed by atoms with Gasteiger partial charge < -0.3 is 24.0 Å². The second-order valence-electron chi connectivity index (χ2n) is 12.6. The van der Waals surface area contributed by atoms with Gasteiger partial charge in [0.15, 0.2) is 5.75 Å². The second-order valence-corrected chi connectivity index (χ2v) is 16.1. The lowest BCUT2D eigenvalue weighted by Gasteiger charge is -2.34. The quantitative estimate of drug-likeness (QED) is 0.357. The maximum absolute atomic E-state index is 13.4. The molecule has 2 fully saturated rings. The number of hydrogen-bond donors (Lipinski definition) is 1. The van der Waals surface area contributed by atoms with Crippen LogP contribution in [-0.4, -0.2) is 110 Å². The van der Waals surface area contributed by atoms with Crippen LogP contribution in [0.2, 0.25) is 0 Å². The number of rotatable bonds is 8. The predicted octanol–water partition coefficient (Wildman–Crippen LogP) is 2.60. The molecule has 266 valence electrons. The van der Waals surface area contributed by atoms with Crippen LogP contribution in [0.1, 0.15) is 42.5 Å². The Bertz CT molecular complexity index is 2000. The molecule has 0 aliphatic carbocycles. The lowest BCUT2D eigenvalue weighted by molar-refractivity contribution is 0.0189. The monoisotopic (exact) mass is 726 g/mol. The maximum atomic E-state index is 13.4. The summed E-state index contributed by atoms with van der Waals surface area (Å²) in [7, 11) is -8.19. The summed E-state index contributed by atoms with van der Waals surface area (Å²) in [5.41, 5.74) is 0.413. The minimum Gasteiger partial charge on any atom is -0.444 e. The number of ether oxygens (including phenoxy) is 1. The average molecular weight is 727 g/mol. The molecule has 2 amide bonds. The molecule has 0 spiro atoms. The summed E-state index contributed by atoms with van der Waals surface area (Å²) in [5, 5.41) is 11.9. The molecule has 1 aromatic heterocycles. The molecule has 0 bridgehead atoms. The van der Waals surface area contributed by atoms with Gasteiger partial charge in [-0.15, -0.1) is 0 Å². The van der Waals surface area contributed by atoms with Crippen molar-refractivity contribution in [1.82, 2.24) is 23.5 Å². The van der Waals surface area contributed by atoms with Crippen LogP contribution < -0.4 is 14.4 Å². The number of nitrogens with one attached hydrogen (secondary N) is 1. The van der Waals surface area contributed by atoms with E-state index in [-0.39, 0.29) is 66.9 Å². The zero-order valence-electron chi connectivity index (χ0n) is 28.1. The zero-order valence-corrected chi connectivity index (χ0v) is 29.7. The van der Waals surface area contributed by atoms with Gasteiger partial charge in [0.25, 0.3) is 5.91 Å². The third-order valence-corrected chi connectivity index (χ3v) is 11.1. The SMILES string of the molecule is Cc1cc(C#N)nc(N2CCN(S(=O)(=O)c3ccc(NC(=O)c4ccccc4OS(=O)(=O)N4CCN(C(=O)OC(C)(C)C)CC4)cc3)CC2)n1. The number of hydrogen-bond acceptors (Lipinski definition) is 12. The Balaban J connectivity index is 1.19. The second kappa shape index (κ2) is 14.6. The van der Waals surface area contributed by atoms with E-state index < -0.39 is 37.9 Å². The minimum atomic E-state index is -4.33. The van der Waals surface area contributed by atoms with Gasteiger partial charge in [-0.25, -0.2) is 23.2 Å². The fourth-order valence-corrected chi connectivity index (χ4v) is 7.76. The molecule has 3 heterocycles. The third kappa shape index (κ3) is 8.66. The van der Waals surface area contributed by atoms with Gasteiger partial charge in [-0.05, 0) is 70.2 Å². The minimum absolute atomic E-state index is 0.0226. The van der Waals surface area contributed by atoms with E-state index in [0.29, 0.717) is 24.7 Å². The van der Waals surface area contributed by atoms with Crippen molar-refractivity contribution in [1.29, 1.82) is 5.26 Å². The molecule has 18 heteroatoms. The van der Waals surface area contributed by atoms with E-state index in [1.165, 1.54) is 51.7 Å². The molecule has 5 rings (SSSR count). The largest absolute Gasteiger partial charge is 0.444 e. The molecule has 0 saturated carbocycles. The first-order valence-electron chi connectivity index (χ1n) is 15.7. The lowest BCUT2D eigenvalue weighted by atomic mass is 10.2. The van der Waals surface area contributed by atoms with Crippen molar-refractivity contribution >= 4 is 44.0 Å². The fourth-order valence-electron chi connectivity index (χ4n) is 5.25. The van der Waals surface area contributed by atoms with Crippen molar-refractivity contribution in [2.45, 2.75) is 38.2 Å². The van der Waals surface area contributed by atoms with E-state index in [4.69, 9.17) is 8.92 Å². The van der Waals surface area contributed by atoms with Crippen LogP contribution in [0.5, 0.6) is 5.75 Å². The number of aryl methyl sites for hydroxylation is 1. The number of para-hydroxylation sites is 1. The van der Waals surface area contributed by atoms with Crippen LogP contribution in [0.15, 0.2) is 59.5 Å². The number of nitrogens with zero attached hydrogens (tertiary/aromatic N) is 7. The smallest absolute Gasteiger partial charge is 0.410 e. The van der Waals surface area contributed by atoms with Crippen molar-refractivity contribution < 1.29 is 35.3 Å². The average Bonchev–Trinajstić information content (AvgIpc) is 3.07. The van der Waals surface area contributed by atoms with Gasteiger partial charge in [0.1, 0.15) is 17.4 Å². The number of carbonyl (C=O) groups is 2. The number of nitriles is 1. The van der Waals surface area contributed by atoms with Gasteiger partial charge >= 0.3 is 16.4 Å². The molecule has 2 aliphatic heterocycles. The van der Waals surface area contributed by atoms with Gasteiger partial charge in [0.05, 0.1) is 10.5 Å². The first-order valence-corrected chi connectivity index (χ1v) is 18.5. The summed E-state index contributed by atoms with van der Waals surface area (Å²) >= 11 is 0. The zero-order chi connectivity index (χ0) is 36.3. The fraction of sp³-hybridized carbons (Fsp3) is 0.406. The van der Waals surface area contributed by atoms with Gasteiger partial charge in [0, 0.05) is 63.7 Å². The van der Waals surface area contributed by atoms with Gasteiger partial charge in [0.2, 0.25) is 16.0 Å². The number of aromatic nitrogens is 2. The van der Waals surface area contributed by atoms with E-state index in [1.807, 2.05) is 11.0 Å². The van der Waals surface area contributed by atoms with Crippen LogP contribution in [0.3, 0.4) is 0 Å². The Morgan fingerprint density at radius 2 is 1.48 bits per heavy atom. The van der Waals surface area contributed by atoms with E-state index in [1.54, 1.807) is 39.8 Å². The summed E-state index contributed by atoms with van der Waals surface area (Å²) in [6.45, 7) is 8.19. The molecular weight excluding hydrogens is 689 g/mol. The molecule has 2 saturated heterocycles. The Morgan fingerprint density at radius 3 is 2.10 bits per heavy atom. The Kier molecular flexibility index (Phi) is 10.6. The van der Waals surface area contributed by atoms with E-state index in [9.17, 15) is 31.7 Å². The van der Waals surface area contributed by atoms with E-state index >= 15 is 0 Å². The summed E-state index contributed by atoms with van der Waals surface area (Å²) in [6, 6.07) is 15.1. The van der Waals surface area contributed by atoms with E-state index in [0.717, 1.165) is 4.31 Å². The van der Waals surface area contributed by atoms with Crippen molar-refractivity contribution in [2.75, 3.05) is 62.6 Å². The first kappa shape index (κ1) is 36.5. The number of anilines is 2. The van der Waals surface area contributed by atoms with Gasteiger partial charge in [-0.3, -0.25) is 4.79 Å². The van der Waals surface area contributed by atoms with Crippen LogP contribution >= 0.6 is 0 Å². The third-order valence-electron chi connectivity index (χ3n) is 7.76. The topological polar surface area (TPSA) is 195 Å². The number of benzene rings is 2. The molecule has 3 aromatic rings. The number of piperazine rings is 2. The summed E-state index contributed by atoms with van der Waals surface area (Å²) in [4.78, 5) is 37.5. The molecule has 0 atom stereocenters. The Morgan fingerprint density at radius 1 is 0.860 bits per heavy atom. The van der Waals surface area contributed by atoms with Crippen LogP contribution in [-0.2, 0) is 25.1 Å². The lowest BCUT2D eigenvalue weighted by Crippen LogP contribution is -2.52. The van der Waals surface area contributed by atoms with Crippen LogP contribution in [0, 0.1) is 18.3 Å². The van der Waals surface area contributed by atoms with Crippen LogP contribution in [0.4, 0.5) is 16.4 Å². The maximum Gasteiger partial charge on any atom is 0.410 e. The van der Waals surface area contributed by atoms with Gasteiger partial charge in [-0.2, -0.15) is 22.3 Å².